The normalized spacial score (nSPS) is 14.6. The molecule has 4 rings (SSSR count). The van der Waals surface area contributed by atoms with Gasteiger partial charge in [0.05, 0.1) is 5.56 Å². The zero-order valence-corrected chi connectivity index (χ0v) is 16.2. The van der Waals surface area contributed by atoms with Gasteiger partial charge in [0.25, 0.3) is 0 Å². The van der Waals surface area contributed by atoms with Crippen LogP contribution in [-0.2, 0) is 6.42 Å². The molecule has 2 aromatic carbocycles. The Labute approximate surface area is 170 Å². The number of benzene rings is 2. The second kappa shape index (κ2) is 8.73. The first-order valence-corrected chi connectivity index (χ1v) is 9.89. The van der Waals surface area contributed by atoms with Crippen molar-refractivity contribution in [2.45, 2.75) is 19.3 Å². The van der Waals surface area contributed by atoms with Crippen molar-refractivity contribution < 1.29 is 9.90 Å². The quantitative estimate of drug-likeness (QED) is 0.653. The van der Waals surface area contributed by atoms with Gasteiger partial charge in [-0.3, -0.25) is 0 Å². The van der Waals surface area contributed by atoms with Crippen LogP contribution in [0.5, 0.6) is 0 Å². The smallest absolute Gasteiger partial charge is 0.335 e. The van der Waals surface area contributed by atoms with Crippen LogP contribution in [0.4, 0.5) is 17.3 Å². The highest BCUT2D eigenvalue weighted by molar-refractivity contribution is 5.89. The van der Waals surface area contributed by atoms with Gasteiger partial charge in [0.2, 0.25) is 0 Å². The van der Waals surface area contributed by atoms with Gasteiger partial charge in [-0.25, -0.2) is 14.8 Å². The molecule has 6 nitrogen and oxygen atoms in total. The van der Waals surface area contributed by atoms with Gasteiger partial charge in [-0.1, -0.05) is 36.4 Å². The summed E-state index contributed by atoms with van der Waals surface area (Å²) in [5.41, 5.74) is 2.34. The molecule has 1 fully saturated rings. The molecule has 0 amide bonds. The van der Waals surface area contributed by atoms with Gasteiger partial charge in [-0.15, -0.1) is 0 Å². The first-order valence-electron chi connectivity index (χ1n) is 9.89. The van der Waals surface area contributed by atoms with Crippen LogP contribution in [-0.4, -0.2) is 34.1 Å². The van der Waals surface area contributed by atoms with E-state index in [2.05, 4.69) is 50.5 Å². The number of hydrogen-bond donors (Lipinski definition) is 2. The van der Waals surface area contributed by atoms with Gasteiger partial charge < -0.3 is 15.3 Å². The lowest BCUT2D eigenvalue weighted by Crippen LogP contribution is -2.34. The minimum atomic E-state index is -0.949. The summed E-state index contributed by atoms with van der Waals surface area (Å²) in [4.78, 5) is 22.2. The van der Waals surface area contributed by atoms with Gasteiger partial charge >= 0.3 is 5.97 Å². The maximum absolute atomic E-state index is 11.1. The summed E-state index contributed by atoms with van der Waals surface area (Å²) in [6.07, 6.45) is 4.96. The average Bonchev–Trinajstić information content (AvgIpc) is 2.75. The van der Waals surface area contributed by atoms with E-state index in [9.17, 15) is 4.79 Å². The summed E-state index contributed by atoms with van der Waals surface area (Å²) in [7, 11) is 0. The molecule has 2 N–H and O–H groups in total. The third kappa shape index (κ3) is 4.90. The number of nitrogens with one attached hydrogen (secondary N) is 1. The number of piperidine rings is 1. The Kier molecular flexibility index (Phi) is 5.70. The van der Waals surface area contributed by atoms with Gasteiger partial charge in [0.1, 0.15) is 18.0 Å². The molecule has 1 aliphatic rings. The molecule has 0 atom stereocenters. The molecule has 1 aromatic heterocycles. The van der Waals surface area contributed by atoms with E-state index in [1.54, 1.807) is 24.5 Å². The molecule has 0 aliphatic carbocycles. The highest BCUT2D eigenvalue weighted by atomic mass is 16.4. The monoisotopic (exact) mass is 388 g/mol. The molecule has 0 unspecified atom stereocenters. The van der Waals surface area contributed by atoms with Crippen LogP contribution in [0.15, 0.2) is 67.0 Å². The van der Waals surface area contributed by atoms with E-state index in [4.69, 9.17) is 5.11 Å². The number of carbonyl (C=O) groups is 1. The minimum Gasteiger partial charge on any atom is -0.478 e. The number of nitrogens with zero attached hydrogens (tertiary/aromatic N) is 3. The number of carboxylic acid groups (broad SMARTS) is 1. The van der Waals surface area contributed by atoms with Crippen molar-refractivity contribution in [1.29, 1.82) is 0 Å². The molecule has 148 valence electrons. The van der Waals surface area contributed by atoms with E-state index in [0.29, 0.717) is 17.4 Å². The zero-order valence-electron chi connectivity index (χ0n) is 16.2. The van der Waals surface area contributed by atoms with Crippen molar-refractivity contribution in [3.63, 3.8) is 0 Å². The Morgan fingerprint density at radius 2 is 1.83 bits per heavy atom. The highest BCUT2D eigenvalue weighted by Gasteiger charge is 2.20. The maximum Gasteiger partial charge on any atom is 0.335 e. The van der Waals surface area contributed by atoms with Crippen molar-refractivity contribution in [1.82, 2.24) is 9.97 Å². The molecule has 0 saturated carbocycles. The largest absolute Gasteiger partial charge is 0.478 e. The van der Waals surface area contributed by atoms with E-state index in [-0.39, 0.29) is 5.56 Å². The van der Waals surface area contributed by atoms with Gasteiger partial charge in [0, 0.05) is 24.8 Å². The molecule has 1 aliphatic heterocycles. The molecule has 2 heterocycles. The molecule has 29 heavy (non-hydrogen) atoms. The lowest BCUT2D eigenvalue weighted by Gasteiger charge is -2.33. The SMILES string of the molecule is O=C(O)c1cccc(Nc2cc(N3CCC(Cc4ccccc4)CC3)ncn2)c1. The lowest BCUT2D eigenvalue weighted by atomic mass is 9.90. The Bertz CT molecular complexity index is 969. The summed E-state index contributed by atoms with van der Waals surface area (Å²) in [6, 6.07) is 19.3. The van der Waals surface area contributed by atoms with E-state index >= 15 is 0 Å². The fourth-order valence-corrected chi connectivity index (χ4v) is 3.78. The Balaban J connectivity index is 1.38. The van der Waals surface area contributed by atoms with Gasteiger partial charge in [-0.05, 0) is 48.9 Å². The minimum absolute atomic E-state index is 0.241. The van der Waals surface area contributed by atoms with E-state index in [0.717, 1.165) is 38.2 Å². The molecule has 0 spiro atoms. The third-order valence-corrected chi connectivity index (χ3v) is 5.34. The molecule has 6 heteroatoms. The number of rotatable bonds is 6. The maximum atomic E-state index is 11.1. The molecule has 1 saturated heterocycles. The fourth-order valence-electron chi connectivity index (χ4n) is 3.78. The number of anilines is 3. The molecule has 0 radical (unpaired) electrons. The molecular weight excluding hydrogens is 364 g/mol. The summed E-state index contributed by atoms with van der Waals surface area (Å²) in [5, 5.41) is 12.3. The topological polar surface area (TPSA) is 78.4 Å². The van der Waals surface area contributed by atoms with Crippen LogP contribution >= 0.6 is 0 Å². The summed E-state index contributed by atoms with van der Waals surface area (Å²) < 4.78 is 0. The second-order valence-electron chi connectivity index (χ2n) is 7.39. The number of hydrogen-bond acceptors (Lipinski definition) is 5. The zero-order chi connectivity index (χ0) is 20.1. The van der Waals surface area contributed by atoms with Crippen LogP contribution in [0.25, 0.3) is 0 Å². The second-order valence-corrected chi connectivity index (χ2v) is 7.39. The standard InChI is InChI=1S/C23H24N4O2/c28-23(29)19-7-4-8-20(14-19)26-21-15-22(25-16-24-21)27-11-9-18(10-12-27)13-17-5-2-1-3-6-17/h1-8,14-16,18H,9-13H2,(H,28,29)(H,24,25,26). The Morgan fingerprint density at radius 1 is 1.03 bits per heavy atom. The van der Waals surface area contributed by atoms with Crippen LogP contribution < -0.4 is 10.2 Å². The number of carboxylic acids is 1. The van der Waals surface area contributed by atoms with Crippen LogP contribution in [0.1, 0.15) is 28.8 Å². The Morgan fingerprint density at radius 3 is 2.59 bits per heavy atom. The van der Waals surface area contributed by atoms with Crippen molar-refractivity contribution in [3.8, 4) is 0 Å². The van der Waals surface area contributed by atoms with Crippen molar-refractivity contribution in [2.75, 3.05) is 23.3 Å². The number of aromatic nitrogens is 2. The molecule has 0 bridgehead atoms. The van der Waals surface area contributed by atoms with Crippen LogP contribution in [0.3, 0.4) is 0 Å². The first-order chi connectivity index (χ1) is 14.2. The van der Waals surface area contributed by atoms with Gasteiger partial charge in [0.15, 0.2) is 0 Å². The van der Waals surface area contributed by atoms with Crippen molar-refractivity contribution in [3.05, 3.63) is 78.1 Å². The van der Waals surface area contributed by atoms with Crippen LogP contribution in [0.2, 0.25) is 0 Å². The first kappa shape index (κ1) is 18.9. The molecule has 3 aromatic rings. The highest BCUT2D eigenvalue weighted by Crippen LogP contribution is 2.26. The summed E-state index contributed by atoms with van der Waals surface area (Å²) >= 11 is 0. The van der Waals surface area contributed by atoms with Crippen molar-refractivity contribution in [2.24, 2.45) is 5.92 Å². The van der Waals surface area contributed by atoms with E-state index < -0.39 is 5.97 Å². The lowest BCUT2D eigenvalue weighted by molar-refractivity contribution is 0.0697. The van der Waals surface area contributed by atoms with Gasteiger partial charge in [-0.2, -0.15) is 0 Å². The van der Waals surface area contributed by atoms with Crippen LogP contribution in [0, 0.1) is 5.92 Å². The van der Waals surface area contributed by atoms with E-state index in [1.807, 2.05) is 12.1 Å². The fraction of sp³-hybridized carbons (Fsp3) is 0.261. The average molecular weight is 388 g/mol. The predicted molar refractivity (Wildman–Crippen MR) is 114 cm³/mol. The predicted octanol–water partition coefficient (Wildman–Crippen LogP) is 4.38. The summed E-state index contributed by atoms with van der Waals surface area (Å²) in [6.45, 7) is 1.95. The third-order valence-electron chi connectivity index (χ3n) is 5.34. The number of aromatic carboxylic acids is 1. The Hall–Kier alpha value is -3.41. The van der Waals surface area contributed by atoms with E-state index in [1.165, 1.54) is 5.56 Å². The molecular formula is C23H24N4O2. The summed E-state index contributed by atoms with van der Waals surface area (Å²) in [5.74, 6) is 1.31. The van der Waals surface area contributed by atoms with Crippen molar-refractivity contribution >= 4 is 23.3 Å².